The predicted molar refractivity (Wildman–Crippen MR) is 75.4 cm³/mol. The summed E-state index contributed by atoms with van der Waals surface area (Å²) in [5.41, 5.74) is 0.428. The van der Waals surface area contributed by atoms with Crippen LogP contribution in [0.15, 0.2) is 12.2 Å². The molecule has 0 aromatic rings. The summed E-state index contributed by atoms with van der Waals surface area (Å²) in [5, 5.41) is 2.61. The van der Waals surface area contributed by atoms with Gasteiger partial charge in [-0.3, -0.25) is 8.98 Å². The van der Waals surface area contributed by atoms with Crippen molar-refractivity contribution in [3.63, 3.8) is 0 Å². The van der Waals surface area contributed by atoms with Gasteiger partial charge in [-0.2, -0.15) is 8.42 Å². The molecule has 0 atom stereocenters. The van der Waals surface area contributed by atoms with Gasteiger partial charge in [0.05, 0.1) is 12.4 Å². The smallest absolute Gasteiger partial charge is 0.267 e. The molecule has 0 fully saturated rings. The molecule has 19 heavy (non-hydrogen) atoms. The Morgan fingerprint density at radius 3 is 2.47 bits per heavy atom. The molecule has 0 aliphatic rings. The topological polar surface area (TPSA) is 75.7 Å². The van der Waals surface area contributed by atoms with Crippen LogP contribution in [0.5, 0.6) is 0 Å². The zero-order valence-electron chi connectivity index (χ0n) is 11.9. The summed E-state index contributed by atoms with van der Waals surface area (Å²) in [6.45, 7) is 6.27. The Balaban J connectivity index is 3.70. The van der Waals surface area contributed by atoms with Crippen molar-refractivity contribution in [2.45, 2.75) is 19.8 Å². The number of rotatable bonds is 10. The van der Waals surface area contributed by atoms with E-state index in [0.717, 1.165) is 0 Å². The molecule has 0 saturated carbocycles. The maximum Gasteiger partial charge on any atom is 0.267 e. The molecule has 1 amide bonds. The van der Waals surface area contributed by atoms with Crippen LogP contribution in [-0.4, -0.2) is 58.8 Å². The van der Waals surface area contributed by atoms with Crippen LogP contribution in [0.2, 0.25) is 0 Å². The van der Waals surface area contributed by atoms with E-state index in [-0.39, 0.29) is 18.3 Å². The van der Waals surface area contributed by atoms with Gasteiger partial charge in [0.1, 0.15) is 0 Å². The summed E-state index contributed by atoms with van der Waals surface area (Å²) in [6, 6.07) is 0. The largest absolute Gasteiger partial charge is 0.352 e. The molecular formula is C12H24N2O4S. The quantitative estimate of drug-likeness (QED) is 0.357. The third kappa shape index (κ3) is 10.7. The molecule has 0 aromatic carbocycles. The molecule has 0 heterocycles. The third-order valence-electron chi connectivity index (χ3n) is 2.26. The van der Waals surface area contributed by atoms with E-state index in [0.29, 0.717) is 31.5 Å². The number of carbonyl (C=O) groups is 1. The van der Waals surface area contributed by atoms with Crippen LogP contribution >= 0.6 is 0 Å². The van der Waals surface area contributed by atoms with Gasteiger partial charge in [-0.15, -0.1) is 0 Å². The monoisotopic (exact) mass is 292 g/mol. The summed E-state index contributed by atoms with van der Waals surface area (Å²) in [4.78, 5) is 13.1. The van der Waals surface area contributed by atoms with Crippen LogP contribution in [-0.2, 0) is 19.1 Å². The van der Waals surface area contributed by atoms with Crippen molar-refractivity contribution in [2.75, 3.05) is 39.5 Å². The van der Waals surface area contributed by atoms with E-state index < -0.39 is 10.1 Å². The summed E-state index contributed by atoms with van der Waals surface area (Å²) < 4.78 is 27.8. The van der Waals surface area contributed by atoms with E-state index in [1.165, 1.54) is 0 Å². The Labute approximate surface area is 115 Å². The normalized spacial score (nSPS) is 11.6. The third-order valence-corrected chi connectivity index (χ3v) is 3.57. The van der Waals surface area contributed by atoms with Crippen molar-refractivity contribution in [3.8, 4) is 0 Å². The molecule has 0 aromatic heterocycles. The van der Waals surface area contributed by atoms with Crippen molar-refractivity contribution in [3.05, 3.63) is 12.2 Å². The van der Waals surface area contributed by atoms with Crippen LogP contribution < -0.4 is 5.32 Å². The SMILES string of the molecule is C=C(C)C(=O)NCCCOS(=O)(=O)CCCN(C)C. The molecule has 0 aliphatic heterocycles. The van der Waals surface area contributed by atoms with Gasteiger partial charge in [0, 0.05) is 12.1 Å². The average molecular weight is 292 g/mol. The number of nitrogens with zero attached hydrogens (tertiary/aromatic N) is 1. The molecule has 0 radical (unpaired) electrons. The van der Waals surface area contributed by atoms with E-state index >= 15 is 0 Å². The molecule has 0 saturated heterocycles. The van der Waals surface area contributed by atoms with E-state index in [2.05, 4.69) is 11.9 Å². The van der Waals surface area contributed by atoms with Crippen molar-refractivity contribution in [2.24, 2.45) is 0 Å². The molecule has 0 rings (SSSR count). The number of hydrogen-bond donors (Lipinski definition) is 1. The molecule has 7 heteroatoms. The van der Waals surface area contributed by atoms with E-state index in [9.17, 15) is 13.2 Å². The standard InChI is InChI=1S/C12H24N2O4S/c1-11(2)12(15)13-7-5-9-18-19(16,17)10-6-8-14(3)4/h1,5-10H2,2-4H3,(H,13,15). The van der Waals surface area contributed by atoms with Crippen LogP contribution in [0.3, 0.4) is 0 Å². The predicted octanol–water partition coefficient (Wildman–Crippen LogP) is 0.367. The fourth-order valence-corrected chi connectivity index (χ4v) is 2.20. The Hall–Kier alpha value is -0.920. The second-order valence-corrected chi connectivity index (χ2v) is 6.39. The lowest BCUT2D eigenvalue weighted by atomic mass is 10.3. The van der Waals surface area contributed by atoms with Crippen molar-refractivity contribution in [1.29, 1.82) is 0 Å². The van der Waals surface area contributed by atoms with Crippen molar-refractivity contribution < 1.29 is 17.4 Å². The minimum atomic E-state index is -3.45. The average Bonchev–Trinajstić information content (AvgIpc) is 2.27. The van der Waals surface area contributed by atoms with E-state index in [4.69, 9.17) is 4.18 Å². The van der Waals surface area contributed by atoms with Gasteiger partial charge in [0.15, 0.2) is 0 Å². The lowest BCUT2D eigenvalue weighted by molar-refractivity contribution is -0.117. The summed E-state index contributed by atoms with van der Waals surface area (Å²) in [7, 11) is 0.322. The highest BCUT2D eigenvalue weighted by Crippen LogP contribution is 1.98. The summed E-state index contributed by atoms with van der Waals surface area (Å²) in [6.07, 6.45) is 0.994. The van der Waals surface area contributed by atoms with Gasteiger partial charge in [0.2, 0.25) is 5.91 Å². The van der Waals surface area contributed by atoms with Crippen molar-refractivity contribution >= 4 is 16.0 Å². The molecule has 112 valence electrons. The first kappa shape index (κ1) is 18.1. The lowest BCUT2D eigenvalue weighted by Gasteiger charge is -2.09. The Kier molecular flexibility index (Phi) is 8.62. The second kappa shape index (κ2) is 9.06. The number of carbonyl (C=O) groups excluding carboxylic acids is 1. The van der Waals surface area contributed by atoms with Gasteiger partial charge >= 0.3 is 0 Å². The van der Waals surface area contributed by atoms with Crippen LogP contribution in [0, 0.1) is 0 Å². The number of amides is 1. The van der Waals surface area contributed by atoms with Crippen LogP contribution in [0.1, 0.15) is 19.8 Å². The fourth-order valence-electron chi connectivity index (χ4n) is 1.23. The number of hydrogen-bond acceptors (Lipinski definition) is 5. The first-order valence-electron chi connectivity index (χ1n) is 6.20. The first-order valence-corrected chi connectivity index (χ1v) is 7.78. The molecule has 0 bridgehead atoms. The van der Waals surface area contributed by atoms with Crippen molar-refractivity contribution in [1.82, 2.24) is 10.2 Å². The first-order chi connectivity index (χ1) is 8.74. The second-order valence-electron chi connectivity index (χ2n) is 4.63. The summed E-state index contributed by atoms with van der Waals surface area (Å²) >= 11 is 0. The van der Waals surface area contributed by atoms with Crippen LogP contribution in [0.25, 0.3) is 0 Å². The fraction of sp³-hybridized carbons (Fsp3) is 0.750. The Bertz CT molecular complexity index is 391. The maximum atomic E-state index is 11.5. The maximum absolute atomic E-state index is 11.5. The van der Waals surface area contributed by atoms with Gasteiger partial charge in [-0.25, -0.2) is 0 Å². The summed E-state index contributed by atoms with van der Waals surface area (Å²) in [5.74, 6) is -0.211. The Morgan fingerprint density at radius 1 is 1.32 bits per heavy atom. The van der Waals surface area contributed by atoms with Gasteiger partial charge in [-0.05, 0) is 40.4 Å². The highest BCUT2D eigenvalue weighted by Gasteiger charge is 2.10. The zero-order chi connectivity index (χ0) is 14.9. The molecule has 0 aliphatic carbocycles. The molecular weight excluding hydrogens is 268 g/mol. The van der Waals surface area contributed by atoms with E-state index in [1.54, 1.807) is 6.92 Å². The minimum Gasteiger partial charge on any atom is -0.352 e. The molecule has 0 unspecified atom stereocenters. The lowest BCUT2D eigenvalue weighted by Crippen LogP contribution is -2.26. The highest BCUT2D eigenvalue weighted by atomic mass is 32.2. The Morgan fingerprint density at radius 2 is 1.95 bits per heavy atom. The molecule has 1 N–H and O–H groups in total. The molecule has 0 spiro atoms. The minimum absolute atomic E-state index is 0.0172. The van der Waals surface area contributed by atoms with Gasteiger partial charge in [0.25, 0.3) is 10.1 Å². The zero-order valence-corrected chi connectivity index (χ0v) is 12.8. The van der Waals surface area contributed by atoms with Gasteiger partial charge < -0.3 is 10.2 Å². The van der Waals surface area contributed by atoms with E-state index in [1.807, 2.05) is 19.0 Å². The molecule has 6 nitrogen and oxygen atoms in total. The van der Waals surface area contributed by atoms with Gasteiger partial charge in [-0.1, -0.05) is 6.58 Å². The van der Waals surface area contributed by atoms with Crippen LogP contribution in [0.4, 0.5) is 0 Å². The number of nitrogens with one attached hydrogen (secondary N) is 1. The highest BCUT2D eigenvalue weighted by molar-refractivity contribution is 7.86.